The molecule has 4 nitrogen and oxygen atoms in total. The third-order valence-corrected chi connectivity index (χ3v) is 4.23. The van der Waals surface area contributed by atoms with Crippen molar-refractivity contribution in [2.75, 3.05) is 0 Å². The van der Waals surface area contributed by atoms with E-state index in [9.17, 15) is 0 Å². The van der Waals surface area contributed by atoms with E-state index < -0.39 is 0 Å². The van der Waals surface area contributed by atoms with Crippen LogP contribution >= 0.6 is 27.7 Å². The molecule has 0 amide bonds. The van der Waals surface area contributed by atoms with E-state index in [0.717, 1.165) is 20.9 Å². The number of nitrogens with zero attached hydrogens (tertiary/aromatic N) is 3. The van der Waals surface area contributed by atoms with Crippen LogP contribution in [0.2, 0.25) is 0 Å². The minimum absolute atomic E-state index is 0.165. The summed E-state index contributed by atoms with van der Waals surface area (Å²) < 4.78 is 2.85. The predicted octanol–water partition coefficient (Wildman–Crippen LogP) is 2.62. The topological polar surface area (TPSA) is 56.7 Å². The van der Waals surface area contributed by atoms with Crippen LogP contribution in [0, 0.1) is 0 Å². The highest BCUT2D eigenvalue weighted by molar-refractivity contribution is 9.10. The molecular weight excluding hydrogens is 312 g/mol. The number of benzene rings is 1. The Morgan fingerprint density at radius 3 is 2.83 bits per heavy atom. The number of rotatable bonds is 4. The van der Waals surface area contributed by atoms with Gasteiger partial charge in [0, 0.05) is 22.5 Å². The van der Waals surface area contributed by atoms with E-state index in [4.69, 9.17) is 5.73 Å². The molecule has 0 bridgehead atoms. The van der Waals surface area contributed by atoms with Gasteiger partial charge in [-0.15, -0.1) is 0 Å². The highest BCUT2D eigenvalue weighted by Gasteiger charge is 2.07. The standard InChI is InChI=1S/C12H15BrN4S/c1-8(14)5-9-3-4-10(6-11(9)13)18-12-15-7-16-17(12)2/h3-4,6-8H,5,14H2,1-2H3. The van der Waals surface area contributed by atoms with E-state index in [1.165, 1.54) is 5.56 Å². The lowest BCUT2D eigenvalue weighted by Gasteiger charge is -2.09. The lowest BCUT2D eigenvalue weighted by molar-refractivity contribution is 0.685. The number of aromatic nitrogens is 3. The van der Waals surface area contributed by atoms with Gasteiger partial charge in [-0.3, -0.25) is 0 Å². The van der Waals surface area contributed by atoms with Crippen LogP contribution in [0.3, 0.4) is 0 Å². The molecule has 1 heterocycles. The van der Waals surface area contributed by atoms with E-state index >= 15 is 0 Å². The Kier molecular flexibility index (Phi) is 4.42. The van der Waals surface area contributed by atoms with E-state index in [2.05, 4.69) is 44.2 Å². The first-order valence-corrected chi connectivity index (χ1v) is 7.23. The summed E-state index contributed by atoms with van der Waals surface area (Å²) in [5, 5.41) is 4.93. The van der Waals surface area contributed by atoms with E-state index in [-0.39, 0.29) is 6.04 Å². The molecule has 1 aromatic carbocycles. The third kappa shape index (κ3) is 3.34. The van der Waals surface area contributed by atoms with Gasteiger partial charge in [0.1, 0.15) is 6.33 Å². The summed E-state index contributed by atoms with van der Waals surface area (Å²) in [5.74, 6) is 0. The van der Waals surface area contributed by atoms with Crippen LogP contribution in [-0.2, 0) is 13.5 Å². The zero-order valence-corrected chi connectivity index (χ0v) is 12.7. The molecule has 1 unspecified atom stereocenters. The summed E-state index contributed by atoms with van der Waals surface area (Å²) in [6, 6.07) is 6.45. The minimum Gasteiger partial charge on any atom is -0.328 e. The van der Waals surface area contributed by atoms with Crippen LogP contribution in [0.4, 0.5) is 0 Å². The van der Waals surface area contributed by atoms with Crippen molar-refractivity contribution >= 4 is 27.7 Å². The maximum absolute atomic E-state index is 5.81. The van der Waals surface area contributed by atoms with Crippen molar-refractivity contribution < 1.29 is 0 Å². The van der Waals surface area contributed by atoms with Crippen LogP contribution in [0.1, 0.15) is 12.5 Å². The highest BCUT2D eigenvalue weighted by Crippen LogP contribution is 2.29. The van der Waals surface area contributed by atoms with Crippen LogP contribution in [0.25, 0.3) is 0 Å². The molecule has 0 fully saturated rings. The second-order valence-corrected chi connectivity index (χ2v) is 6.10. The molecular formula is C12H15BrN4S. The lowest BCUT2D eigenvalue weighted by atomic mass is 10.1. The molecule has 2 N–H and O–H groups in total. The fourth-order valence-electron chi connectivity index (χ4n) is 1.59. The third-order valence-electron chi connectivity index (χ3n) is 2.45. The van der Waals surface area contributed by atoms with Gasteiger partial charge in [-0.2, -0.15) is 5.10 Å². The SMILES string of the molecule is CC(N)Cc1ccc(Sc2ncnn2C)cc1Br. The van der Waals surface area contributed by atoms with Gasteiger partial charge in [-0.1, -0.05) is 33.8 Å². The Bertz CT molecular complexity index is 539. The van der Waals surface area contributed by atoms with Gasteiger partial charge in [0.05, 0.1) is 0 Å². The minimum atomic E-state index is 0.165. The largest absolute Gasteiger partial charge is 0.328 e. The maximum Gasteiger partial charge on any atom is 0.190 e. The quantitative estimate of drug-likeness (QED) is 0.938. The first kappa shape index (κ1) is 13.6. The number of aryl methyl sites for hydroxylation is 1. The number of hydrogen-bond donors (Lipinski definition) is 1. The van der Waals surface area contributed by atoms with Crippen molar-refractivity contribution in [2.24, 2.45) is 12.8 Å². The summed E-state index contributed by atoms with van der Waals surface area (Å²) >= 11 is 5.18. The molecule has 1 atom stereocenters. The molecule has 0 spiro atoms. The van der Waals surface area contributed by atoms with Crippen LogP contribution in [-0.4, -0.2) is 20.8 Å². The van der Waals surface area contributed by atoms with Gasteiger partial charge in [0.2, 0.25) is 0 Å². The van der Waals surface area contributed by atoms with E-state index in [1.54, 1.807) is 22.8 Å². The molecule has 0 aliphatic heterocycles. The van der Waals surface area contributed by atoms with Crippen LogP contribution in [0.5, 0.6) is 0 Å². The number of halogens is 1. The predicted molar refractivity (Wildman–Crippen MR) is 76.6 cm³/mol. The first-order chi connectivity index (χ1) is 8.56. The smallest absolute Gasteiger partial charge is 0.190 e. The van der Waals surface area contributed by atoms with E-state index in [1.807, 2.05) is 14.0 Å². The van der Waals surface area contributed by atoms with Crippen LogP contribution < -0.4 is 5.73 Å². The summed E-state index contributed by atoms with van der Waals surface area (Å²) in [5.41, 5.74) is 7.04. The molecule has 2 rings (SSSR count). The van der Waals surface area contributed by atoms with Crippen LogP contribution in [0.15, 0.2) is 39.1 Å². The lowest BCUT2D eigenvalue weighted by Crippen LogP contribution is -2.17. The van der Waals surface area contributed by atoms with Gasteiger partial charge < -0.3 is 5.73 Å². The van der Waals surface area contributed by atoms with Crippen molar-refractivity contribution in [3.05, 3.63) is 34.6 Å². The molecule has 0 radical (unpaired) electrons. The van der Waals surface area contributed by atoms with Crippen molar-refractivity contribution in [1.82, 2.24) is 14.8 Å². The fourth-order valence-corrected chi connectivity index (χ4v) is 3.08. The zero-order valence-electron chi connectivity index (χ0n) is 10.3. The molecule has 18 heavy (non-hydrogen) atoms. The second-order valence-electron chi connectivity index (χ2n) is 4.20. The van der Waals surface area contributed by atoms with E-state index in [0.29, 0.717) is 0 Å². The van der Waals surface area contributed by atoms with Gasteiger partial charge in [-0.05, 0) is 31.0 Å². The van der Waals surface area contributed by atoms with Crippen molar-refractivity contribution in [3.63, 3.8) is 0 Å². The Balaban J connectivity index is 2.16. The second kappa shape index (κ2) is 5.86. The van der Waals surface area contributed by atoms with Gasteiger partial charge >= 0.3 is 0 Å². The van der Waals surface area contributed by atoms with Crippen molar-refractivity contribution in [3.8, 4) is 0 Å². The summed E-state index contributed by atoms with van der Waals surface area (Å²) in [6.45, 7) is 2.01. The molecule has 96 valence electrons. The maximum atomic E-state index is 5.81. The molecule has 6 heteroatoms. The Hall–Kier alpha value is -0.850. The molecule has 1 aromatic heterocycles. The van der Waals surface area contributed by atoms with Crippen molar-refractivity contribution in [1.29, 1.82) is 0 Å². The Labute approximate surface area is 119 Å². The molecule has 0 aliphatic rings. The summed E-state index contributed by atoms with van der Waals surface area (Å²) in [7, 11) is 1.88. The fraction of sp³-hybridized carbons (Fsp3) is 0.333. The van der Waals surface area contributed by atoms with Gasteiger partial charge in [-0.25, -0.2) is 9.67 Å². The molecule has 2 aromatic rings. The Morgan fingerprint density at radius 1 is 1.50 bits per heavy atom. The normalized spacial score (nSPS) is 12.7. The zero-order chi connectivity index (χ0) is 13.1. The summed E-state index contributed by atoms with van der Waals surface area (Å²) in [6.07, 6.45) is 2.43. The number of hydrogen-bond acceptors (Lipinski definition) is 4. The van der Waals surface area contributed by atoms with Gasteiger partial charge in [0.25, 0.3) is 0 Å². The summed E-state index contributed by atoms with van der Waals surface area (Å²) in [4.78, 5) is 5.32. The molecule has 0 aliphatic carbocycles. The Morgan fingerprint density at radius 2 is 2.28 bits per heavy atom. The highest BCUT2D eigenvalue weighted by atomic mass is 79.9. The molecule has 0 saturated heterocycles. The van der Waals surface area contributed by atoms with Gasteiger partial charge in [0.15, 0.2) is 5.16 Å². The molecule has 0 saturated carbocycles. The van der Waals surface area contributed by atoms with Crippen molar-refractivity contribution in [2.45, 2.75) is 29.4 Å². The monoisotopic (exact) mass is 326 g/mol. The average molecular weight is 327 g/mol. The average Bonchev–Trinajstić information content (AvgIpc) is 2.68. The first-order valence-electron chi connectivity index (χ1n) is 5.62. The number of nitrogens with two attached hydrogens (primary N) is 1.